The second-order valence-corrected chi connectivity index (χ2v) is 4.05. The third-order valence-electron chi connectivity index (χ3n) is 3.06. The highest BCUT2D eigenvalue weighted by atomic mass is 16.4. The number of carbonyl (C=O) groups is 1. The smallest absolute Gasteiger partial charge is 0.340 e. The third kappa shape index (κ3) is 1.26. The SMILES string of the molecule is Cc1nn(C)c2c1C(O)(C(=O)O)CCC2. The Bertz CT molecular complexity index is 425. The van der Waals surface area contributed by atoms with Crippen LogP contribution in [0, 0.1) is 6.92 Å². The minimum absolute atomic E-state index is 0.266. The van der Waals surface area contributed by atoms with Crippen molar-refractivity contribution in [1.29, 1.82) is 0 Å². The number of aliphatic carboxylic acids is 1. The van der Waals surface area contributed by atoms with Crippen LogP contribution in [0.4, 0.5) is 0 Å². The van der Waals surface area contributed by atoms with Gasteiger partial charge in [0, 0.05) is 18.3 Å². The summed E-state index contributed by atoms with van der Waals surface area (Å²) in [6, 6.07) is 0. The molecule has 0 spiro atoms. The molecular weight excluding hydrogens is 196 g/mol. The van der Waals surface area contributed by atoms with Gasteiger partial charge in [-0.15, -0.1) is 0 Å². The van der Waals surface area contributed by atoms with Crippen molar-refractivity contribution in [2.75, 3.05) is 0 Å². The van der Waals surface area contributed by atoms with E-state index < -0.39 is 11.6 Å². The zero-order valence-electron chi connectivity index (χ0n) is 8.82. The normalized spacial score (nSPS) is 25.0. The number of nitrogens with zero attached hydrogens (tertiary/aromatic N) is 2. The average Bonchev–Trinajstić information content (AvgIpc) is 2.44. The van der Waals surface area contributed by atoms with Crippen molar-refractivity contribution in [3.63, 3.8) is 0 Å². The van der Waals surface area contributed by atoms with Crippen molar-refractivity contribution < 1.29 is 15.0 Å². The summed E-state index contributed by atoms with van der Waals surface area (Å²) in [5, 5.41) is 23.4. The molecule has 0 bridgehead atoms. The summed E-state index contributed by atoms with van der Waals surface area (Å²) < 4.78 is 1.66. The van der Waals surface area contributed by atoms with Gasteiger partial charge in [-0.2, -0.15) is 5.10 Å². The first-order valence-electron chi connectivity index (χ1n) is 4.95. The molecule has 1 atom stereocenters. The standard InChI is InChI=1S/C10H14N2O3/c1-6-8-7(12(2)11-6)4-3-5-10(8,15)9(13)14/h15H,3-5H2,1-2H3,(H,13,14). The number of fused-ring (bicyclic) bond motifs is 1. The molecular formula is C10H14N2O3. The van der Waals surface area contributed by atoms with E-state index in [9.17, 15) is 9.90 Å². The van der Waals surface area contributed by atoms with Crippen LogP contribution < -0.4 is 0 Å². The second kappa shape index (κ2) is 3.06. The van der Waals surface area contributed by atoms with Crippen molar-refractivity contribution in [2.24, 2.45) is 7.05 Å². The monoisotopic (exact) mass is 210 g/mol. The van der Waals surface area contributed by atoms with E-state index in [1.54, 1.807) is 18.7 Å². The lowest BCUT2D eigenvalue weighted by molar-refractivity contribution is -0.161. The molecule has 15 heavy (non-hydrogen) atoms. The van der Waals surface area contributed by atoms with E-state index in [2.05, 4.69) is 5.10 Å². The predicted molar refractivity (Wildman–Crippen MR) is 52.4 cm³/mol. The Morgan fingerprint density at radius 3 is 2.87 bits per heavy atom. The number of hydrogen-bond acceptors (Lipinski definition) is 3. The van der Waals surface area contributed by atoms with Crippen LogP contribution >= 0.6 is 0 Å². The molecule has 1 unspecified atom stereocenters. The maximum absolute atomic E-state index is 11.1. The molecule has 82 valence electrons. The molecule has 1 heterocycles. The molecule has 1 aromatic rings. The van der Waals surface area contributed by atoms with E-state index in [-0.39, 0.29) is 6.42 Å². The molecule has 5 heteroatoms. The van der Waals surface area contributed by atoms with Crippen molar-refractivity contribution in [2.45, 2.75) is 31.8 Å². The van der Waals surface area contributed by atoms with Gasteiger partial charge in [-0.3, -0.25) is 4.68 Å². The fourth-order valence-electron chi connectivity index (χ4n) is 2.38. The minimum Gasteiger partial charge on any atom is -0.479 e. The van der Waals surface area contributed by atoms with E-state index in [1.165, 1.54) is 0 Å². The van der Waals surface area contributed by atoms with Gasteiger partial charge in [-0.05, 0) is 26.2 Å². The van der Waals surface area contributed by atoms with Gasteiger partial charge in [0.15, 0.2) is 5.60 Å². The Morgan fingerprint density at radius 1 is 1.60 bits per heavy atom. The average molecular weight is 210 g/mol. The van der Waals surface area contributed by atoms with Crippen LogP contribution in [0.5, 0.6) is 0 Å². The number of carboxylic acid groups (broad SMARTS) is 1. The Morgan fingerprint density at radius 2 is 2.27 bits per heavy atom. The zero-order chi connectivity index (χ0) is 11.2. The first-order chi connectivity index (χ1) is 6.97. The lowest BCUT2D eigenvalue weighted by Gasteiger charge is -2.28. The molecule has 1 aliphatic rings. The van der Waals surface area contributed by atoms with Crippen molar-refractivity contribution >= 4 is 5.97 Å². The topological polar surface area (TPSA) is 75.3 Å². The van der Waals surface area contributed by atoms with Gasteiger partial charge in [-0.25, -0.2) is 4.79 Å². The predicted octanol–water partition coefficient (Wildman–Crippen LogP) is 0.337. The number of carboxylic acids is 1. The van der Waals surface area contributed by atoms with Gasteiger partial charge in [0.1, 0.15) is 0 Å². The first kappa shape index (κ1) is 10.2. The molecule has 0 aromatic carbocycles. The number of aromatic nitrogens is 2. The highest BCUT2D eigenvalue weighted by molar-refractivity contribution is 5.80. The molecule has 2 N–H and O–H groups in total. The van der Waals surface area contributed by atoms with E-state index >= 15 is 0 Å². The summed E-state index contributed by atoms with van der Waals surface area (Å²) in [5.41, 5.74) is 0.191. The number of hydrogen-bond donors (Lipinski definition) is 2. The van der Waals surface area contributed by atoms with Gasteiger partial charge >= 0.3 is 5.97 Å². The largest absolute Gasteiger partial charge is 0.479 e. The summed E-state index contributed by atoms with van der Waals surface area (Å²) >= 11 is 0. The lowest BCUT2D eigenvalue weighted by atomic mass is 9.81. The molecule has 0 radical (unpaired) electrons. The third-order valence-corrected chi connectivity index (χ3v) is 3.06. The molecule has 0 fully saturated rings. The highest BCUT2D eigenvalue weighted by Gasteiger charge is 2.44. The van der Waals surface area contributed by atoms with Crippen LogP contribution in [0.1, 0.15) is 29.8 Å². The molecule has 0 aliphatic heterocycles. The molecule has 0 saturated heterocycles. The summed E-state index contributed by atoms with van der Waals surface area (Å²) in [7, 11) is 1.78. The van der Waals surface area contributed by atoms with Crippen LogP contribution in [0.2, 0.25) is 0 Å². The maximum atomic E-state index is 11.1. The van der Waals surface area contributed by atoms with Crippen molar-refractivity contribution in [3.05, 3.63) is 17.0 Å². The Balaban J connectivity index is 2.65. The van der Waals surface area contributed by atoms with Crippen LogP contribution in [0.25, 0.3) is 0 Å². The van der Waals surface area contributed by atoms with Gasteiger partial charge in [0.05, 0.1) is 5.69 Å². The van der Waals surface area contributed by atoms with Gasteiger partial charge in [-0.1, -0.05) is 0 Å². The summed E-state index contributed by atoms with van der Waals surface area (Å²) in [4.78, 5) is 11.1. The molecule has 1 aromatic heterocycles. The van der Waals surface area contributed by atoms with Crippen molar-refractivity contribution in [3.8, 4) is 0 Å². The molecule has 0 amide bonds. The molecule has 0 saturated carbocycles. The fourth-order valence-corrected chi connectivity index (χ4v) is 2.38. The van der Waals surface area contributed by atoms with E-state index in [4.69, 9.17) is 5.11 Å². The molecule has 2 rings (SSSR count). The fraction of sp³-hybridized carbons (Fsp3) is 0.600. The van der Waals surface area contributed by atoms with Gasteiger partial charge in [0.25, 0.3) is 0 Å². The Kier molecular flexibility index (Phi) is 2.08. The van der Waals surface area contributed by atoms with Gasteiger partial charge in [0.2, 0.25) is 0 Å². The zero-order valence-corrected chi connectivity index (χ0v) is 8.82. The first-order valence-corrected chi connectivity index (χ1v) is 4.95. The van der Waals surface area contributed by atoms with Crippen molar-refractivity contribution in [1.82, 2.24) is 9.78 Å². The Labute approximate surface area is 87.3 Å². The molecule has 1 aliphatic carbocycles. The van der Waals surface area contributed by atoms with Crippen LogP contribution in [-0.2, 0) is 23.9 Å². The van der Waals surface area contributed by atoms with Crippen LogP contribution in [-0.4, -0.2) is 26.0 Å². The van der Waals surface area contributed by atoms with E-state index in [1.807, 2.05) is 0 Å². The molecule has 5 nitrogen and oxygen atoms in total. The number of rotatable bonds is 1. The van der Waals surface area contributed by atoms with Gasteiger partial charge < -0.3 is 10.2 Å². The van der Waals surface area contributed by atoms with Crippen LogP contribution in [0.3, 0.4) is 0 Å². The van der Waals surface area contributed by atoms with Crippen LogP contribution in [0.15, 0.2) is 0 Å². The number of aryl methyl sites for hydroxylation is 2. The lowest BCUT2D eigenvalue weighted by Crippen LogP contribution is -2.39. The minimum atomic E-state index is -1.74. The number of aliphatic hydroxyl groups is 1. The quantitative estimate of drug-likeness (QED) is 0.700. The van der Waals surface area contributed by atoms with E-state index in [0.29, 0.717) is 17.7 Å². The maximum Gasteiger partial charge on any atom is 0.340 e. The Hall–Kier alpha value is -1.36. The summed E-state index contributed by atoms with van der Waals surface area (Å²) in [5.74, 6) is -1.18. The van der Waals surface area contributed by atoms with E-state index in [0.717, 1.165) is 12.1 Å². The second-order valence-electron chi connectivity index (χ2n) is 4.05. The summed E-state index contributed by atoms with van der Waals surface area (Å²) in [6.45, 7) is 1.73. The highest BCUT2D eigenvalue weighted by Crippen LogP contribution is 2.37. The summed E-state index contributed by atoms with van der Waals surface area (Å²) in [6.07, 6.45) is 1.72.